The third-order valence-electron chi connectivity index (χ3n) is 6.03. The molecule has 5 unspecified atom stereocenters. The summed E-state index contributed by atoms with van der Waals surface area (Å²) in [5.74, 6) is -4.24. The van der Waals surface area contributed by atoms with Crippen LogP contribution < -0.4 is 21.7 Å². The largest absolute Gasteiger partial charge is 0.508 e. The highest BCUT2D eigenvalue weighted by atomic mass is 32.2. The number of hydrogen-bond acceptors (Lipinski definition) is 8. The van der Waals surface area contributed by atoms with E-state index in [0.29, 0.717) is 17.7 Å². The van der Waals surface area contributed by atoms with E-state index in [4.69, 9.17) is 10.8 Å². The molecule has 0 aliphatic carbocycles. The maximum Gasteiger partial charge on any atom is 0.326 e. The predicted molar refractivity (Wildman–Crippen MR) is 143 cm³/mol. The average Bonchev–Trinajstić information content (AvgIpc) is 2.87. The summed E-state index contributed by atoms with van der Waals surface area (Å²) >= 11 is 1.44. The number of carboxylic acid groups (broad SMARTS) is 2. The van der Waals surface area contributed by atoms with Gasteiger partial charge in [-0.3, -0.25) is 19.2 Å². The topological polar surface area (TPSA) is 208 Å². The van der Waals surface area contributed by atoms with Gasteiger partial charge in [-0.05, 0) is 48.5 Å². The standard InChI is InChI=1S/C25H38N4O8S/c1-4-14(2)21(24(35)27-18(25(36)37)11-12-38-3)29-23(34)19(13-15-5-7-16(30)8-6-15)28-22(33)17(26)9-10-20(31)32/h5-8,14,17-19,21,30H,4,9-13,26H2,1-3H3,(H,27,35)(H,28,33)(H,29,34)(H,31,32)(H,36,37). The van der Waals surface area contributed by atoms with Gasteiger partial charge in [-0.1, -0.05) is 32.4 Å². The zero-order valence-electron chi connectivity index (χ0n) is 21.8. The molecule has 0 bridgehead atoms. The zero-order valence-corrected chi connectivity index (χ0v) is 22.6. The van der Waals surface area contributed by atoms with Crippen LogP contribution in [0.3, 0.4) is 0 Å². The van der Waals surface area contributed by atoms with Crippen LogP contribution in [0.15, 0.2) is 24.3 Å². The lowest BCUT2D eigenvalue weighted by atomic mass is 9.96. The van der Waals surface area contributed by atoms with Gasteiger partial charge in [0.2, 0.25) is 17.7 Å². The molecule has 0 aliphatic heterocycles. The number of aromatic hydroxyl groups is 1. The fourth-order valence-corrected chi connectivity index (χ4v) is 3.95. The van der Waals surface area contributed by atoms with E-state index < -0.39 is 53.8 Å². The van der Waals surface area contributed by atoms with E-state index in [2.05, 4.69) is 16.0 Å². The number of hydrogen-bond donors (Lipinski definition) is 7. The molecule has 12 nitrogen and oxygen atoms in total. The van der Waals surface area contributed by atoms with E-state index in [9.17, 15) is 34.2 Å². The number of phenolic OH excluding ortho intramolecular Hbond substituents is 1. The highest BCUT2D eigenvalue weighted by Gasteiger charge is 2.32. The van der Waals surface area contributed by atoms with Crippen molar-refractivity contribution in [3.8, 4) is 5.75 Å². The van der Waals surface area contributed by atoms with Gasteiger partial charge >= 0.3 is 11.9 Å². The number of carbonyl (C=O) groups excluding carboxylic acids is 3. The van der Waals surface area contributed by atoms with Crippen LogP contribution in [0.25, 0.3) is 0 Å². The minimum Gasteiger partial charge on any atom is -0.508 e. The van der Waals surface area contributed by atoms with Crippen molar-refractivity contribution in [2.75, 3.05) is 12.0 Å². The summed E-state index contributed by atoms with van der Waals surface area (Å²) in [5, 5.41) is 35.6. The first-order chi connectivity index (χ1) is 17.9. The molecule has 0 saturated carbocycles. The minimum absolute atomic E-state index is 0.0101. The Hall–Kier alpha value is -3.32. The van der Waals surface area contributed by atoms with Crippen molar-refractivity contribution in [2.45, 2.75) is 70.1 Å². The normalized spacial score (nSPS) is 14.8. The summed E-state index contributed by atoms with van der Waals surface area (Å²) in [6.45, 7) is 3.55. The molecule has 0 aliphatic rings. The van der Waals surface area contributed by atoms with Crippen LogP contribution in [0.1, 0.15) is 45.1 Å². The number of rotatable bonds is 17. The minimum atomic E-state index is -1.19. The van der Waals surface area contributed by atoms with E-state index >= 15 is 0 Å². The molecular formula is C25H38N4O8S. The summed E-state index contributed by atoms with van der Waals surface area (Å²) in [7, 11) is 0. The first-order valence-corrected chi connectivity index (χ1v) is 13.7. The maximum atomic E-state index is 13.4. The quantitative estimate of drug-likeness (QED) is 0.141. The molecule has 1 aromatic rings. The molecule has 0 radical (unpaired) electrons. The van der Waals surface area contributed by atoms with Crippen LogP contribution in [0.2, 0.25) is 0 Å². The summed E-state index contributed by atoms with van der Waals surface area (Å²) < 4.78 is 0. The number of aliphatic carboxylic acids is 2. The van der Waals surface area contributed by atoms with Gasteiger partial charge in [-0.25, -0.2) is 4.79 Å². The number of amides is 3. The molecule has 1 rings (SSSR count). The summed E-state index contributed by atoms with van der Waals surface area (Å²) in [4.78, 5) is 61.5. The first-order valence-electron chi connectivity index (χ1n) is 12.3. The molecule has 0 heterocycles. The van der Waals surface area contributed by atoms with Crippen LogP contribution in [-0.4, -0.2) is 81.2 Å². The van der Waals surface area contributed by atoms with Crippen LogP contribution in [0.4, 0.5) is 0 Å². The molecule has 8 N–H and O–H groups in total. The Morgan fingerprint density at radius 2 is 1.53 bits per heavy atom. The van der Waals surface area contributed by atoms with Crippen molar-refractivity contribution in [3.63, 3.8) is 0 Å². The predicted octanol–water partition coefficient (Wildman–Crippen LogP) is 0.465. The smallest absolute Gasteiger partial charge is 0.326 e. The van der Waals surface area contributed by atoms with Crippen molar-refractivity contribution in [3.05, 3.63) is 29.8 Å². The number of carboxylic acids is 2. The Bertz CT molecular complexity index is 959. The summed E-state index contributed by atoms with van der Waals surface area (Å²) in [5.41, 5.74) is 6.40. The molecule has 5 atom stereocenters. The number of thioether (sulfide) groups is 1. The molecule has 1 aromatic carbocycles. The fraction of sp³-hybridized carbons (Fsp3) is 0.560. The van der Waals surface area contributed by atoms with Crippen molar-refractivity contribution < 1.29 is 39.3 Å². The molecule has 3 amide bonds. The number of carbonyl (C=O) groups is 5. The van der Waals surface area contributed by atoms with Gasteiger partial charge in [0, 0.05) is 12.8 Å². The van der Waals surface area contributed by atoms with Crippen molar-refractivity contribution in [1.29, 1.82) is 0 Å². The van der Waals surface area contributed by atoms with Crippen LogP contribution in [0, 0.1) is 5.92 Å². The molecule has 0 fully saturated rings. The van der Waals surface area contributed by atoms with Gasteiger partial charge in [-0.15, -0.1) is 0 Å². The van der Waals surface area contributed by atoms with Crippen molar-refractivity contribution in [1.82, 2.24) is 16.0 Å². The molecule has 13 heteroatoms. The van der Waals surface area contributed by atoms with Gasteiger partial charge < -0.3 is 37.0 Å². The SMILES string of the molecule is CCC(C)C(NC(=O)C(Cc1ccc(O)cc1)NC(=O)C(N)CCC(=O)O)C(=O)NC(CCSC)C(=O)O. The Labute approximate surface area is 226 Å². The number of nitrogens with two attached hydrogens (primary N) is 1. The molecular weight excluding hydrogens is 516 g/mol. The van der Waals surface area contributed by atoms with Crippen molar-refractivity contribution in [2.24, 2.45) is 11.7 Å². The Balaban J connectivity index is 3.13. The Morgan fingerprint density at radius 3 is 2.05 bits per heavy atom. The van der Waals surface area contributed by atoms with E-state index in [-0.39, 0.29) is 37.4 Å². The second kappa shape index (κ2) is 16.5. The Kier molecular flexibility index (Phi) is 14.2. The van der Waals surface area contributed by atoms with E-state index in [1.54, 1.807) is 19.1 Å². The lowest BCUT2D eigenvalue weighted by molar-refractivity contribution is -0.142. The zero-order chi connectivity index (χ0) is 28.8. The van der Waals surface area contributed by atoms with Crippen LogP contribution in [-0.2, 0) is 30.4 Å². The molecule has 0 spiro atoms. The highest BCUT2D eigenvalue weighted by Crippen LogP contribution is 2.14. The highest BCUT2D eigenvalue weighted by molar-refractivity contribution is 7.98. The van der Waals surface area contributed by atoms with Crippen LogP contribution >= 0.6 is 11.8 Å². The number of benzene rings is 1. The number of phenols is 1. The fourth-order valence-electron chi connectivity index (χ4n) is 3.48. The monoisotopic (exact) mass is 554 g/mol. The van der Waals surface area contributed by atoms with Gasteiger partial charge in [0.1, 0.15) is 23.9 Å². The van der Waals surface area contributed by atoms with Crippen LogP contribution in [0.5, 0.6) is 5.75 Å². The van der Waals surface area contributed by atoms with E-state index in [1.807, 2.05) is 13.2 Å². The van der Waals surface area contributed by atoms with Gasteiger partial charge in [-0.2, -0.15) is 11.8 Å². The second-order valence-corrected chi connectivity index (χ2v) is 10.0. The van der Waals surface area contributed by atoms with Gasteiger partial charge in [0.15, 0.2) is 0 Å². The third-order valence-corrected chi connectivity index (χ3v) is 6.68. The summed E-state index contributed by atoms with van der Waals surface area (Å²) in [6.07, 6.45) is 2.04. The molecule has 38 heavy (non-hydrogen) atoms. The lowest BCUT2D eigenvalue weighted by Gasteiger charge is -2.28. The average molecular weight is 555 g/mol. The molecule has 212 valence electrons. The van der Waals surface area contributed by atoms with Gasteiger partial charge in [0.25, 0.3) is 0 Å². The second-order valence-electron chi connectivity index (χ2n) is 9.02. The number of nitrogens with one attached hydrogen (secondary N) is 3. The molecule has 0 saturated heterocycles. The first kappa shape index (κ1) is 32.7. The Morgan fingerprint density at radius 1 is 0.921 bits per heavy atom. The lowest BCUT2D eigenvalue weighted by Crippen LogP contribution is -2.59. The summed E-state index contributed by atoms with van der Waals surface area (Å²) in [6, 6.07) is 1.39. The van der Waals surface area contributed by atoms with E-state index in [1.165, 1.54) is 23.9 Å². The molecule has 0 aromatic heterocycles. The van der Waals surface area contributed by atoms with Crippen molar-refractivity contribution >= 4 is 41.4 Å². The van der Waals surface area contributed by atoms with E-state index in [0.717, 1.165) is 0 Å². The maximum absolute atomic E-state index is 13.4. The van der Waals surface area contributed by atoms with Gasteiger partial charge in [0.05, 0.1) is 6.04 Å². The third kappa shape index (κ3) is 11.4.